The summed E-state index contributed by atoms with van der Waals surface area (Å²) in [4.78, 5) is 28.4. The molecule has 0 atom stereocenters. The lowest BCUT2D eigenvalue weighted by atomic mass is 10.1. The fraction of sp³-hybridized carbons (Fsp3) is 0.250. The molecule has 26 heavy (non-hydrogen) atoms. The molecule has 0 spiro atoms. The molecule has 0 aliphatic carbocycles. The first-order chi connectivity index (χ1) is 12.5. The molecule has 0 bridgehead atoms. The van der Waals surface area contributed by atoms with Crippen molar-refractivity contribution in [3.8, 4) is 0 Å². The average Bonchev–Trinajstić information content (AvgIpc) is 3.17. The van der Waals surface area contributed by atoms with E-state index in [-0.39, 0.29) is 12.4 Å². The summed E-state index contributed by atoms with van der Waals surface area (Å²) in [5.74, 6) is -0.535. The molecule has 1 aromatic carbocycles. The van der Waals surface area contributed by atoms with Crippen molar-refractivity contribution in [2.24, 2.45) is 0 Å². The largest absolute Gasteiger partial charge is 0.454 e. The normalized spacial score (nSPS) is 11.3. The van der Waals surface area contributed by atoms with Crippen LogP contribution >= 0.6 is 0 Å². The molecular weight excluding hydrogens is 332 g/mol. The number of hydrogen-bond donors (Lipinski definition) is 0. The van der Waals surface area contributed by atoms with Gasteiger partial charge in [0.15, 0.2) is 12.2 Å². The highest BCUT2D eigenvalue weighted by Gasteiger charge is 2.16. The third-order valence-corrected chi connectivity index (χ3v) is 4.21. The van der Waals surface area contributed by atoms with E-state index in [2.05, 4.69) is 4.98 Å². The van der Waals surface area contributed by atoms with Crippen LogP contribution in [0.4, 0.5) is 0 Å². The van der Waals surface area contributed by atoms with E-state index in [9.17, 15) is 9.59 Å². The molecule has 0 unspecified atom stereocenters. The minimum absolute atomic E-state index is 0.221. The molecule has 0 amide bonds. The van der Waals surface area contributed by atoms with Crippen LogP contribution in [0.25, 0.3) is 17.2 Å². The van der Waals surface area contributed by atoms with Crippen molar-refractivity contribution < 1.29 is 18.7 Å². The number of esters is 1. The number of aryl methyl sites for hydroxylation is 1. The molecule has 3 aromatic rings. The Morgan fingerprint density at radius 2 is 2.04 bits per heavy atom. The summed E-state index contributed by atoms with van der Waals surface area (Å²) in [5, 5.41) is 0. The summed E-state index contributed by atoms with van der Waals surface area (Å²) in [6, 6.07) is 9.14. The molecule has 6 heteroatoms. The number of oxazole rings is 1. The van der Waals surface area contributed by atoms with E-state index in [1.54, 1.807) is 6.07 Å². The molecule has 134 valence electrons. The predicted molar refractivity (Wildman–Crippen MR) is 97.9 cm³/mol. The standard InChI is InChI=1S/C20H20N2O4/c1-4-22-13(2)11-15(14(22)3)17(23)12-25-20(24)10-9-19-21-16-7-5-6-8-18(16)26-19/h5-11H,4,12H2,1-3H3/b10-9+. The zero-order valence-electron chi connectivity index (χ0n) is 15.0. The minimum Gasteiger partial charge on any atom is -0.454 e. The van der Waals surface area contributed by atoms with Crippen molar-refractivity contribution >= 4 is 28.9 Å². The van der Waals surface area contributed by atoms with Gasteiger partial charge in [-0.3, -0.25) is 4.79 Å². The van der Waals surface area contributed by atoms with Gasteiger partial charge in [-0.25, -0.2) is 9.78 Å². The second kappa shape index (κ2) is 7.39. The van der Waals surface area contributed by atoms with Crippen LogP contribution in [0.1, 0.15) is 34.6 Å². The van der Waals surface area contributed by atoms with Gasteiger partial charge in [-0.05, 0) is 39.0 Å². The van der Waals surface area contributed by atoms with Crippen LogP contribution < -0.4 is 0 Å². The monoisotopic (exact) mass is 352 g/mol. The maximum Gasteiger partial charge on any atom is 0.331 e. The first kappa shape index (κ1) is 17.7. The number of nitrogens with zero attached hydrogens (tertiary/aromatic N) is 2. The molecule has 0 aliphatic heterocycles. The van der Waals surface area contributed by atoms with Gasteiger partial charge in [0.1, 0.15) is 5.52 Å². The van der Waals surface area contributed by atoms with Gasteiger partial charge in [0.05, 0.1) is 0 Å². The van der Waals surface area contributed by atoms with Crippen molar-refractivity contribution in [1.82, 2.24) is 9.55 Å². The summed E-state index contributed by atoms with van der Waals surface area (Å²) in [6.07, 6.45) is 2.63. The Labute approximate surface area is 151 Å². The number of fused-ring (bicyclic) bond motifs is 1. The molecule has 0 aliphatic rings. The lowest BCUT2D eigenvalue weighted by molar-refractivity contribution is -0.136. The topological polar surface area (TPSA) is 74.3 Å². The number of ether oxygens (including phenoxy) is 1. The number of carbonyl (C=O) groups is 2. The Balaban J connectivity index is 1.60. The minimum atomic E-state index is -0.620. The van der Waals surface area contributed by atoms with Gasteiger partial charge in [0.25, 0.3) is 0 Å². The molecule has 0 saturated heterocycles. The van der Waals surface area contributed by atoms with Gasteiger partial charge < -0.3 is 13.7 Å². The van der Waals surface area contributed by atoms with E-state index in [0.29, 0.717) is 22.6 Å². The highest BCUT2D eigenvalue weighted by Crippen LogP contribution is 2.17. The molecule has 0 radical (unpaired) electrons. The number of aromatic nitrogens is 2. The van der Waals surface area contributed by atoms with Gasteiger partial charge >= 0.3 is 5.97 Å². The molecule has 0 saturated carbocycles. The third kappa shape index (κ3) is 3.59. The van der Waals surface area contributed by atoms with Gasteiger partial charge in [0, 0.05) is 35.6 Å². The van der Waals surface area contributed by atoms with Gasteiger partial charge in [-0.1, -0.05) is 12.1 Å². The molecule has 2 aromatic heterocycles. The van der Waals surface area contributed by atoms with Gasteiger partial charge in [-0.15, -0.1) is 0 Å². The van der Waals surface area contributed by atoms with E-state index in [1.165, 1.54) is 12.2 Å². The second-order valence-electron chi connectivity index (χ2n) is 5.91. The zero-order valence-corrected chi connectivity index (χ0v) is 15.0. The quantitative estimate of drug-likeness (QED) is 0.384. The number of Topliss-reactive ketones (excluding diaryl/α,β-unsaturated/α-hetero) is 1. The smallest absolute Gasteiger partial charge is 0.331 e. The number of hydrogen-bond acceptors (Lipinski definition) is 5. The highest BCUT2D eigenvalue weighted by molar-refractivity contribution is 6.00. The van der Waals surface area contributed by atoms with Crippen molar-refractivity contribution in [3.63, 3.8) is 0 Å². The Kier molecular flexibility index (Phi) is 5.02. The van der Waals surface area contributed by atoms with Crippen LogP contribution in [0.3, 0.4) is 0 Å². The number of rotatable bonds is 6. The van der Waals surface area contributed by atoms with Crippen LogP contribution in [0.2, 0.25) is 0 Å². The van der Waals surface area contributed by atoms with Crippen molar-refractivity contribution in [3.05, 3.63) is 59.2 Å². The zero-order chi connectivity index (χ0) is 18.7. The predicted octanol–water partition coefficient (Wildman–Crippen LogP) is 3.71. The SMILES string of the molecule is CCn1c(C)cc(C(=O)COC(=O)/C=C/c2nc3ccccc3o2)c1C. The van der Waals surface area contributed by atoms with Crippen LogP contribution in [0.15, 0.2) is 40.8 Å². The van der Waals surface area contributed by atoms with Crippen LogP contribution in [-0.2, 0) is 16.1 Å². The van der Waals surface area contributed by atoms with E-state index in [4.69, 9.17) is 9.15 Å². The summed E-state index contributed by atoms with van der Waals surface area (Å²) in [5.41, 5.74) is 3.83. The van der Waals surface area contributed by atoms with Crippen LogP contribution in [0.5, 0.6) is 0 Å². The maximum absolute atomic E-state index is 12.3. The van der Waals surface area contributed by atoms with E-state index in [1.807, 2.05) is 49.6 Å². The van der Waals surface area contributed by atoms with Crippen LogP contribution in [0, 0.1) is 13.8 Å². The first-order valence-electron chi connectivity index (χ1n) is 8.40. The Bertz CT molecular complexity index is 962. The Hall–Kier alpha value is -3.15. The molecule has 0 fully saturated rings. The van der Waals surface area contributed by atoms with Crippen LogP contribution in [-0.4, -0.2) is 27.9 Å². The number of para-hydroxylation sites is 2. The molecule has 0 N–H and O–H groups in total. The van der Waals surface area contributed by atoms with E-state index < -0.39 is 5.97 Å². The Morgan fingerprint density at radius 1 is 1.27 bits per heavy atom. The van der Waals surface area contributed by atoms with Crippen molar-refractivity contribution in [1.29, 1.82) is 0 Å². The highest BCUT2D eigenvalue weighted by atomic mass is 16.5. The van der Waals surface area contributed by atoms with Crippen molar-refractivity contribution in [2.75, 3.05) is 6.61 Å². The molecule has 3 rings (SSSR count). The Morgan fingerprint density at radius 3 is 2.73 bits per heavy atom. The molecule has 2 heterocycles. The number of carbonyl (C=O) groups excluding carboxylic acids is 2. The average molecular weight is 352 g/mol. The van der Waals surface area contributed by atoms with Crippen molar-refractivity contribution in [2.45, 2.75) is 27.3 Å². The van der Waals surface area contributed by atoms with E-state index >= 15 is 0 Å². The number of ketones is 1. The number of benzene rings is 1. The summed E-state index contributed by atoms with van der Waals surface area (Å²) < 4.78 is 12.6. The summed E-state index contributed by atoms with van der Waals surface area (Å²) in [6.45, 7) is 6.34. The fourth-order valence-corrected chi connectivity index (χ4v) is 2.93. The summed E-state index contributed by atoms with van der Waals surface area (Å²) >= 11 is 0. The van der Waals surface area contributed by atoms with Gasteiger partial charge in [0.2, 0.25) is 11.7 Å². The molecular formula is C20H20N2O4. The fourth-order valence-electron chi connectivity index (χ4n) is 2.93. The third-order valence-electron chi connectivity index (χ3n) is 4.21. The van der Waals surface area contributed by atoms with E-state index in [0.717, 1.165) is 17.9 Å². The second-order valence-corrected chi connectivity index (χ2v) is 5.91. The molecule has 6 nitrogen and oxygen atoms in total. The first-order valence-corrected chi connectivity index (χ1v) is 8.40. The lowest BCUT2D eigenvalue weighted by Gasteiger charge is -2.05. The maximum atomic E-state index is 12.3. The van der Waals surface area contributed by atoms with Gasteiger partial charge in [-0.2, -0.15) is 0 Å². The lowest BCUT2D eigenvalue weighted by Crippen LogP contribution is -2.13. The summed E-state index contributed by atoms with van der Waals surface area (Å²) in [7, 11) is 0.